The van der Waals surface area contributed by atoms with Crippen molar-refractivity contribution in [3.05, 3.63) is 0 Å². The average Bonchev–Trinajstić information content (AvgIpc) is 2.14. The van der Waals surface area contributed by atoms with Crippen LogP contribution in [0, 0.1) is 0 Å². The highest BCUT2D eigenvalue weighted by molar-refractivity contribution is 7.92. The first-order valence-corrected chi connectivity index (χ1v) is 6.44. The van der Waals surface area contributed by atoms with Crippen molar-refractivity contribution in [3.63, 3.8) is 0 Å². The molecule has 0 radical (unpaired) electrons. The zero-order valence-corrected chi connectivity index (χ0v) is 9.54. The Labute approximate surface area is 93.3 Å². The molecule has 0 aromatic rings. The van der Waals surface area contributed by atoms with Crippen LogP contribution in [0.3, 0.4) is 0 Å². The summed E-state index contributed by atoms with van der Waals surface area (Å²) in [6, 6.07) is 0. The fourth-order valence-electron chi connectivity index (χ4n) is 0.823. The lowest BCUT2D eigenvalue weighted by Gasteiger charge is -2.04. The molecule has 0 bridgehead atoms. The van der Waals surface area contributed by atoms with Crippen LogP contribution in [-0.2, 0) is 24.1 Å². The first-order valence-electron chi connectivity index (χ1n) is 4.61. The second-order valence-corrected chi connectivity index (χ2v) is 5.08. The van der Waals surface area contributed by atoms with Gasteiger partial charge in [0.25, 0.3) is 0 Å². The Balaban J connectivity index is 3.47. The summed E-state index contributed by atoms with van der Waals surface area (Å²) >= 11 is 0. The number of hydrogen-bond donors (Lipinski definition) is 1. The Morgan fingerprint density at radius 3 is 2.19 bits per heavy atom. The van der Waals surface area contributed by atoms with Crippen LogP contribution >= 0.6 is 0 Å². The lowest BCUT2D eigenvalue weighted by atomic mass is 10.7. The highest BCUT2D eigenvalue weighted by Gasteiger charge is 2.15. The van der Waals surface area contributed by atoms with Gasteiger partial charge in [-0.25, -0.2) is 12.8 Å². The Bertz CT molecular complexity index is 289. The van der Waals surface area contributed by atoms with Gasteiger partial charge >= 0.3 is 5.97 Å². The molecule has 0 aliphatic carbocycles. The number of sulfone groups is 1. The lowest BCUT2D eigenvalue weighted by molar-refractivity contribution is -0.134. The molecule has 6 nitrogen and oxygen atoms in total. The van der Waals surface area contributed by atoms with Crippen LogP contribution in [-0.4, -0.2) is 64.1 Å². The van der Waals surface area contributed by atoms with E-state index >= 15 is 0 Å². The van der Waals surface area contributed by atoms with E-state index in [-0.39, 0.29) is 32.2 Å². The van der Waals surface area contributed by atoms with Crippen molar-refractivity contribution in [1.82, 2.24) is 0 Å². The molecule has 0 heterocycles. The molecular formula is C8H15FO6S. The van der Waals surface area contributed by atoms with Gasteiger partial charge in [-0.15, -0.1) is 0 Å². The molecule has 1 N–H and O–H groups in total. The summed E-state index contributed by atoms with van der Waals surface area (Å²) in [6.07, 6.45) is 0. The smallest absolute Gasteiger partial charge is 0.318 e. The number of aliphatic carboxylic acids is 1. The van der Waals surface area contributed by atoms with Crippen LogP contribution in [0.4, 0.5) is 4.39 Å². The highest BCUT2D eigenvalue weighted by Crippen LogP contribution is 1.91. The minimum absolute atomic E-state index is 0.0132. The van der Waals surface area contributed by atoms with Crippen LogP contribution in [0.2, 0.25) is 0 Å². The molecule has 0 atom stereocenters. The highest BCUT2D eigenvalue weighted by atomic mass is 32.2. The fourth-order valence-corrected chi connectivity index (χ4v) is 1.72. The molecule has 0 saturated heterocycles. The molecule has 0 unspecified atom stereocenters. The summed E-state index contributed by atoms with van der Waals surface area (Å²) in [5.41, 5.74) is 0. The van der Waals surface area contributed by atoms with Gasteiger partial charge in [-0.2, -0.15) is 0 Å². The van der Waals surface area contributed by atoms with Crippen molar-refractivity contribution in [2.75, 3.05) is 44.6 Å². The fraction of sp³-hybridized carbons (Fsp3) is 0.875. The van der Waals surface area contributed by atoms with Gasteiger partial charge in [0.15, 0.2) is 9.84 Å². The van der Waals surface area contributed by atoms with Crippen molar-refractivity contribution in [2.45, 2.75) is 0 Å². The predicted octanol–water partition coefficient (Wildman–Crippen LogP) is -0.512. The normalized spacial score (nSPS) is 11.6. The Morgan fingerprint density at radius 1 is 1.12 bits per heavy atom. The first-order chi connectivity index (χ1) is 7.48. The third-order valence-corrected chi connectivity index (χ3v) is 2.95. The summed E-state index contributed by atoms with van der Waals surface area (Å²) in [4.78, 5) is 10.1. The first kappa shape index (κ1) is 15.3. The van der Waals surface area contributed by atoms with E-state index in [0.29, 0.717) is 0 Å². The van der Waals surface area contributed by atoms with E-state index in [1.807, 2.05) is 0 Å². The molecule has 16 heavy (non-hydrogen) atoms. The van der Waals surface area contributed by atoms with Crippen molar-refractivity contribution in [2.24, 2.45) is 0 Å². The standard InChI is InChI=1S/C8H15FO6S/c9-1-2-14-3-4-15-5-6-16(12,13)7-8(10)11/h1-7H2,(H,10,11). The monoisotopic (exact) mass is 258 g/mol. The molecule has 8 heteroatoms. The second-order valence-electron chi connectivity index (χ2n) is 2.90. The lowest BCUT2D eigenvalue weighted by Crippen LogP contribution is -2.21. The average molecular weight is 258 g/mol. The van der Waals surface area contributed by atoms with E-state index in [0.717, 1.165) is 0 Å². The Morgan fingerprint density at radius 2 is 1.69 bits per heavy atom. The zero-order chi connectivity index (χ0) is 12.4. The molecule has 0 amide bonds. The summed E-state index contributed by atoms with van der Waals surface area (Å²) < 4.78 is 43.2. The van der Waals surface area contributed by atoms with Crippen LogP contribution in [0.1, 0.15) is 0 Å². The summed E-state index contributed by atoms with van der Waals surface area (Å²) in [7, 11) is -3.60. The van der Waals surface area contributed by atoms with E-state index in [9.17, 15) is 17.6 Å². The van der Waals surface area contributed by atoms with Crippen LogP contribution in [0.25, 0.3) is 0 Å². The largest absolute Gasteiger partial charge is 0.480 e. The summed E-state index contributed by atoms with van der Waals surface area (Å²) in [5.74, 6) is -2.62. The zero-order valence-electron chi connectivity index (χ0n) is 8.72. The van der Waals surface area contributed by atoms with Crippen molar-refractivity contribution in [3.8, 4) is 0 Å². The maximum absolute atomic E-state index is 11.5. The molecular weight excluding hydrogens is 243 g/mol. The number of carboxylic acids is 1. The molecule has 0 aromatic heterocycles. The number of ether oxygens (including phenoxy) is 2. The van der Waals surface area contributed by atoms with E-state index in [1.165, 1.54) is 0 Å². The number of carbonyl (C=O) groups is 1. The van der Waals surface area contributed by atoms with Crippen molar-refractivity contribution >= 4 is 15.8 Å². The Kier molecular flexibility index (Phi) is 8.04. The molecule has 0 aromatic carbocycles. The van der Waals surface area contributed by atoms with Gasteiger partial charge < -0.3 is 14.6 Å². The molecule has 0 fully saturated rings. The van der Waals surface area contributed by atoms with Gasteiger partial charge in [-0.3, -0.25) is 4.79 Å². The van der Waals surface area contributed by atoms with E-state index in [1.54, 1.807) is 0 Å². The maximum atomic E-state index is 11.5. The topological polar surface area (TPSA) is 89.9 Å². The van der Waals surface area contributed by atoms with Gasteiger partial charge in [-0.1, -0.05) is 0 Å². The van der Waals surface area contributed by atoms with Gasteiger partial charge in [-0.05, 0) is 0 Å². The number of carboxylic acid groups (broad SMARTS) is 1. The minimum Gasteiger partial charge on any atom is -0.480 e. The number of rotatable bonds is 10. The number of hydrogen-bond acceptors (Lipinski definition) is 5. The van der Waals surface area contributed by atoms with Gasteiger partial charge in [0.05, 0.1) is 32.2 Å². The van der Waals surface area contributed by atoms with Crippen LogP contribution in [0.15, 0.2) is 0 Å². The molecule has 0 aliphatic rings. The minimum atomic E-state index is -3.60. The van der Waals surface area contributed by atoms with Crippen LogP contribution < -0.4 is 0 Å². The molecule has 0 aliphatic heterocycles. The van der Waals surface area contributed by atoms with E-state index < -0.39 is 28.2 Å². The molecule has 0 spiro atoms. The van der Waals surface area contributed by atoms with E-state index in [2.05, 4.69) is 0 Å². The summed E-state index contributed by atoms with van der Waals surface area (Å²) in [5, 5.41) is 8.27. The van der Waals surface area contributed by atoms with Crippen molar-refractivity contribution < 1.29 is 32.2 Å². The third kappa shape index (κ3) is 9.81. The molecule has 0 saturated carbocycles. The summed E-state index contributed by atoms with van der Waals surface area (Å²) in [6.45, 7) is -0.340. The number of halogens is 1. The SMILES string of the molecule is O=C(O)CS(=O)(=O)CCOCCOCCF. The molecule has 0 rings (SSSR count). The second kappa shape index (κ2) is 8.43. The van der Waals surface area contributed by atoms with E-state index in [4.69, 9.17) is 14.6 Å². The van der Waals surface area contributed by atoms with Gasteiger partial charge in [0.1, 0.15) is 12.4 Å². The van der Waals surface area contributed by atoms with Crippen LogP contribution in [0.5, 0.6) is 0 Å². The third-order valence-electron chi connectivity index (χ3n) is 1.48. The van der Waals surface area contributed by atoms with Crippen molar-refractivity contribution in [1.29, 1.82) is 0 Å². The number of alkyl halides is 1. The predicted molar refractivity (Wildman–Crippen MR) is 53.9 cm³/mol. The molecule has 96 valence electrons. The van der Waals surface area contributed by atoms with Gasteiger partial charge in [0.2, 0.25) is 0 Å². The quantitative estimate of drug-likeness (QED) is 0.531. The Hall–Kier alpha value is -0.730. The van der Waals surface area contributed by atoms with Gasteiger partial charge in [0, 0.05) is 0 Å². The maximum Gasteiger partial charge on any atom is 0.318 e.